The zero-order valence-electron chi connectivity index (χ0n) is 12.9. The third kappa shape index (κ3) is 4.71. The molecule has 118 valence electrons. The smallest absolute Gasteiger partial charge is 0.343 e. The highest BCUT2D eigenvalue weighted by atomic mass is 16.5. The van der Waals surface area contributed by atoms with Gasteiger partial charge in [0, 0.05) is 25.9 Å². The van der Waals surface area contributed by atoms with Gasteiger partial charge in [0.1, 0.15) is 5.75 Å². The molecule has 0 unspecified atom stereocenters. The van der Waals surface area contributed by atoms with Crippen LogP contribution in [0.2, 0.25) is 0 Å². The van der Waals surface area contributed by atoms with Crippen molar-refractivity contribution >= 4 is 23.7 Å². The zero-order valence-corrected chi connectivity index (χ0v) is 12.9. The lowest BCUT2D eigenvalue weighted by molar-refractivity contribution is -0.131. The van der Waals surface area contributed by atoms with E-state index in [2.05, 4.69) is 0 Å². The minimum absolute atomic E-state index is 0.402. The van der Waals surface area contributed by atoms with Crippen LogP contribution >= 0.6 is 0 Å². The van der Waals surface area contributed by atoms with E-state index < -0.39 is 11.9 Å². The van der Waals surface area contributed by atoms with E-state index in [0.717, 1.165) is 11.8 Å². The molecule has 0 radical (unpaired) electrons. The van der Waals surface area contributed by atoms with E-state index in [-0.39, 0.29) is 0 Å². The second-order valence-corrected chi connectivity index (χ2v) is 5.07. The standard InChI is InChI=1S/C18H17NO4/c1-19(2)15-8-6-14(7-9-15)18(22)23-16-10-3-13(4-11-16)5-12-17(20)21/h3-12H,1-2H3,(H,20,21)/b12-5+. The molecule has 0 aliphatic carbocycles. The van der Waals surface area contributed by atoms with Crippen molar-refractivity contribution in [1.82, 2.24) is 0 Å². The van der Waals surface area contributed by atoms with Crippen molar-refractivity contribution in [2.75, 3.05) is 19.0 Å². The van der Waals surface area contributed by atoms with Crippen LogP contribution in [0.4, 0.5) is 5.69 Å². The maximum Gasteiger partial charge on any atom is 0.343 e. The molecule has 0 aromatic heterocycles. The minimum atomic E-state index is -1.01. The molecule has 0 aliphatic heterocycles. The predicted octanol–water partition coefficient (Wildman–Crippen LogP) is 3.07. The first-order chi connectivity index (χ1) is 11.0. The summed E-state index contributed by atoms with van der Waals surface area (Å²) in [4.78, 5) is 24.5. The van der Waals surface area contributed by atoms with Crippen LogP contribution in [0, 0.1) is 0 Å². The van der Waals surface area contributed by atoms with E-state index in [1.54, 1.807) is 36.4 Å². The van der Waals surface area contributed by atoms with Crippen LogP contribution in [-0.2, 0) is 4.79 Å². The molecular formula is C18H17NO4. The maximum atomic E-state index is 12.1. The van der Waals surface area contributed by atoms with Gasteiger partial charge in [0.25, 0.3) is 0 Å². The van der Waals surface area contributed by atoms with Gasteiger partial charge in [-0.1, -0.05) is 12.1 Å². The zero-order chi connectivity index (χ0) is 16.8. The Morgan fingerprint density at radius 1 is 1.00 bits per heavy atom. The SMILES string of the molecule is CN(C)c1ccc(C(=O)Oc2ccc(/C=C/C(=O)O)cc2)cc1. The fourth-order valence-electron chi connectivity index (χ4n) is 1.88. The predicted molar refractivity (Wildman–Crippen MR) is 88.8 cm³/mol. The highest BCUT2D eigenvalue weighted by molar-refractivity contribution is 5.91. The van der Waals surface area contributed by atoms with Crippen molar-refractivity contribution in [3.8, 4) is 5.75 Å². The monoisotopic (exact) mass is 311 g/mol. The van der Waals surface area contributed by atoms with Gasteiger partial charge in [-0.05, 0) is 48.0 Å². The van der Waals surface area contributed by atoms with E-state index in [0.29, 0.717) is 16.9 Å². The molecule has 0 fully saturated rings. The Balaban J connectivity index is 2.03. The van der Waals surface area contributed by atoms with Gasteiger partial charge in [0.2, 0.25) is 0 Å². The lowest BCUT2D eigenvalue weighted by Gasteiger charge is -2.12. The van der Waals surface area contributed by atoms with Crippen molar-refractivity contribution in [3.63, 3.8) is 0 Å². The van der Waals surface area contributed by atoms with Gasteiger partial charge in [-0.2, -0.15) is 0 Å². The van der Waals surface area contributed by atoms with Crippen LogP contribution in [0.3, 0.4) is 0 Å². The summed E-state index contributed by atoms with van der Waals surface area (Å²) in [7, 11) is 3.85. The first-order valence-corrected chi connectivity index (χ1v) is 6.96. The molecule has 0 spiro atoms. The quantitative estimate of drug-likeness (QED) is 0.522. The second kappa shape index (κ2) is 7.26. The third-order valence-corrected chi connectivity index (χ3v) is 3.13. The summed E-state index contributed by atoms with van der Waals surface area (Å²) in [5.74, 6) is -1.05. The van der Waals surface area contributed by atoms with E-state index in [1.807, 2.05) is 31.1 Å². The molecular weight excluding hydrogens is 294 g/mol. The Morgan fingerprint density at radius 2 is 1.61 bits per heavy atom. The Labute approximate surface area is 134 Å². The first kappa shape index (κ1) is 16.3. The van der Waals surface area contributed by atoms with Crippen LogP contribution in [0.15, 0.2) is 54.6 Å². The molecule has 0 saturated carbocycles. The van der Waals surface area contributed by atoms with Gasteiger partial charge >= 0.3 is 11.9 Å². The normalized spacial score (nSPS) is 10.5. The molecule has 1 N–H and O–H groups in total. The highest BCUT2D eigenvalue weighted by Gasteiger charge is 2.08. The number of carbonyl (C=O) groups is 2. The number of nitrogens with zero attached hydrogens (tertiary/aromatic N) is 1. The molecule has 0 atom stereocenters. The molecule has 5 nitrogen and oxygen atoms in total. The lowest BCUT2D eigenvalue weighted by atomic mass is 10.2. The minimum Gasteiger partial charge on any atom is -0.478 e. The molecule has 2 rings (SSSR count). The number of hydrogen-bond donors (Lipinski definition) is 1. The molecule has 0 heterocycles. The van der Waals surface area contributed by atoms with Gasteiger partial charge in [0.15, 0.2) is 0 Å². The third-order valence-electron chi connectivity index (χ3n) is 3.13. The van der Waals surface area contributed by atoms with Crippen molar-refractivity contribution < 1.29 is 19.4 Å². The van der Waals surface area contributed by atoms with Crippen LogP contribution in [0.1, 0.15) is 15.9 Å². The Kier molecular flexibility index (Phi) is 5.15. The average molecular weight is 311 g/mol. The van der Waals surface area contributed by atoms with Crippen LogP contribution in [0.5, 0.6) is 5.75 Å². The summed E-state index contributed by atoms with van der Waals surface area (Å²) < 4.78 is 5.29. The number of carbonyl (C=O) groups excluding carboxylic acids is 1. The van der Waals surface area contributed by atoms with Crippen LogP contribution in [0.25, 0.3) is 6.08 Å². The van der Waals surface area contributed by atoms with Gasteiger partial charge < -0.3 is 14.7 Å². The average Bonchev–Trinajstić information content (AvgIpc) is 2.54. The fourth-order valence-corrected chi connectivity index (χ4v) is 1.88. The number of ether oxygens (including phenoxy) is 1. The van der Waals surface area contributed by atoms with Crippen molar-refractivity contribution in [2.45, 2.75) is 0 Å². The van der Waals surface area contributed by atoms with E-state index >= 15 is 0 Å². The Hall–Kier alpha value is -3.08. The summed E-state index contributed by atoms with van der Waals surface area (Å²) in [6, 6.07) is 13.7. The van der Waals surface area contributed by atoms with Gasteiger partial charge in [-0.3, -0.25) is 0 Å². The van der Waals surface area contributed by atoms with E-state index in [4.69, 9.17) is 9.84 Å². The molecule has 0 amide bonds. The second-order valence-electron chi connectivity index (χ2n) is 5.07. The number of carboxylic acid groups (broad SMARTS) is 1. The number of rotatable bonds is 5. The van der Waals surface area contributed by atoms with Crippen molar-refractivity contribution in [1.29, 1.82) is 0 Å². The van der Waals surface area contributed by atoms with Crippen molar-refractivity contribution in [3.05, 3.63) is 65.7 Å². The van der Waals surface area contributed by atoms with Gasteiger partial charge in [-0.15, -0.1) is 0 Å². The summed E-state index contributed by atoms with van der Waals surface area (Å²) in [6.07, 6.45) is 2.52. The number of benzene rings is 2. The largest absolute Gasteiger partial charge is 0.478 e. The lowest BCUT2D eigenvalue weighted by Crippen LogP contribution is -2.11. The fraction of sp³-hybridized carbons (Fsp3) is 0.111. The number of aliphatic carboxylic acids is 1. The topological polar surface area (TPSA) is 66.8 Å². The molecule has 23 heavy (non-hydrogen) atoms. The summed E-state index contributed by atoms with van der Waals surface area (Å²) in [5.41, 5.74) is 2.17. The highest BCUT2D eigenvalue weighted by Crippen LogP contribution is 2.17. The van der Waals surface area contributed by atoms with Crippen molar-refractivity contribution in [2.24, 2.45) is 0 Å². The number of esters is 1. The molecule has 0 bridgehead atoms. The number of carboxylic acids is 1. The molecule has 0 saturated heterocycles. The molecule has 0 aliphatic rings. The molecule has 2 aromatic rings. The van der Waals surface area contributed by atoms with Gasteiger partial charge in [0.05, 0.1) is 5.56 Å². The van der Waals surface area contributed by atoms with E-state index in [1.165, 1.54) is 6.08 Å². The van der Waals surface area contributed by atoms with E-state index in [9.17, 15) is 9.59 Å². The van der Waals surface area contributed by atoms with Crippen LogP contribution < -0.4 is 9.64 Å². The van der Waals surface area contributed by atoms with Gasteiger partial charge in [-0.25, -0.2) is 9.59 Å². The summed E-state index contributed by atoms with van der Waals surface area (Å²) >= 11 is 0. The first-order valence-electron chi connectivity index (χ1n) is 6.96. The summed E-state index contributed by atoms with van der Waals surface area (Å²) in [5, 5.41) is 8.57. The number of anilines is 1. The molecule has 5 heteroatoms. The Morgan fingerprint density at radius 3 is 2.13 bits per heavy atom. The van der Waals surface area contributed by atoms with Crippen LogP contribution in [-0.4, -0.2) is 31.1 Å². The maximum absolute atomic E-state index is 12.1. The Bertz CT molecular complexity index is 716. The molecule has 2 aromatic carbocycles. The number of hydrogen-bond acceptors (Lipinski definition) is 4. The summed E-state index contributed by atoms with van der Waals surface area (Å²) in [6.45, 7) is 0.